The van der Waals surface area contributed by atoms with E-state index in [0.717, 1.165) is 6.42 Å². The highest BCUT2D eigenvalue weighted by molar-refractivity contribution is 6.60. The summed E-state index contributed by atoms with van der Waals surface area (Å²) in [6.45, 7) is 2.02. The second-order valence-corrected chi connectivity index (χ2v) is 7.35. The molecule has 5 nitrogen and oxygen atoms in total. The van der Waals surface area contributed by atoms with Gasteiger partial charge in [0, 0.05) is 27.0 Å². The minimum atomic E-state index is -2.81. The number of rotatable bonds is 7. The van der Waals surface area contributed by atoms with Gasteiger partial charge in [0.05, 0.1) is 0 Å². The van der Waals surface area contributed by atoms with Crippen LogP contribution in [0.2, 0.25) is 0 Å². The summed E-state index contributed by atoms with van der Waals surface area (Å²) in [5, 5.41) is 0. The highest BCUT2D eigenvalue weighted by Crippen LogP contribution is 2.07. The summed E-state index contributed by atoms with van der Waals surface area (Å²) in [6, 6.07) is 0. The van der Waals surface area contributed by atoms with Crippen molar-refractivity contribution in [3.63, 3.8) is 0 Å². The van der Waals surface area contributed by atoms with Gasteiger partial charge in [-0.1, -0.05) is 6.92 Å². The van der Waals surface area contributed by atoms with E-state index < -0.39 is 18.8 Å². The van der Waals surface area contributed by atoms with Gasteiger partial charge in [0.25, 0.3) is 0 Å². The van der Waals surface area contributed by atoms with Crippen LogP contribution in [-0.4, -0.2) is 45.8 Å². The first kappa shape index (κ1) is 13.2. The van der Waals surface area contributed by atoms with Crippen molar-refractivity contribution >= 4 is 18.8 Å². The quantitative estimate of drug-likeness (QED) is 0.572. The molecular formula is C6H19NO4Si2. The topological polar surface area (TPSA) is 62.9 Å². The van der Waals surface area contributed by atoms with E-state index in [1.807, 2.05) is 6.92 Å². The Balaban J connectivity index is 3.95. The Labute approximate surface area is 82.9 Å². The fourth-order valence-electron chi connectivity index (χ4n) is 0.754. The minimum absolute atomic E-state index is 0.132. The second kappa shape index (κ2) is 6.65. The third-order valence-corrected chi connectivity index (χ3v) is 6.33. The van der Waals surface area contributed by atoms with Crippen molar-refractivity contribution in [1.29, 1.82) is 0 Å². The average Bonchev–Trinajstić information content (AvgIpc) is 2.20. The third-order valence-electron chi connectivity index (χ3n) is 1.75. The molecule has 0 saturated carbocycles. The molecule has 0 aliphatic carbocycles. The number of hydrogen-bond acceptors (Lipinski definition) is 5. The summed E-state index contributed by atoms with van der Waals surface area (Å²) in [5.41, 5.74) is 5.87. The largest absolute Gasteiger partial charge is 0.667 e. The van der Waals surface area contributed by atoms with Crippen molar-refractivity contribution in [2.24, 2.45) is 5.73 Å². The van der Waals surface area contributed by atoms with Gasteiger partial charge in [-0.05, 0) is 6.42 Å². The van der Waals surface area contributed by atoms with E-state index in [4.69, 9.17) is 23.1 Å². The maximum absolute atomic E-state index is 5.74. The molecule has 0 amide bonds. The molecule has 1 unspecified atom stereocenters. The Kier molecular flexibility index (Phi) is 6.77. The maximum Gasteiger partial charge on any atom is 0.667 e. The van der Waals surface area contributed by atoms with Gasteiger partial charge in [-0.2, -0.15) is 0 Å². The molecule has 0 radical (unpaired) electrons. The van der Waals surface area contributed by atoms with Gasteiger partial charge in [-0.25, -0.2) is 0 Å². The van der Waals surface area contributed by atoms with Crippen LogP contribution in [0.25, 0.3) is 0 Å². The molecule has 0 aliphatic heterocycles. The molecule has 0 bridgehead atoms. The van der Waals surface area contributed by atoms with Crippen LogP contribution in [0, 0.1) is 0 Å². The third kappa shape index (κ3) is 4.31. The molecule has 0 spiro atoms. The molecule has 13 heavy (non-hydrogen) atoms. The summed E-state index contributed by atoms with van der Waals surface area (Å²) >= 11 is 0. The molecule has 80 valence electrons. The summed E-state index contributed by atoms with van der Waals surface area (Å²) in [5.74, 6) is 0. The van der Waals surface area contributed by atoms with E-state index in [1.54, 1.807) is 0 Å². The molecule has 0 aromatic heterocycles. The standard InChI is InChI=1S/C6H19NO4Si2/c1-5-6(7)12-11-13(8-2,9-3)10-4/h6H,5,7,12H2,1-4H3. The molecule has 7 heteroatoms. The molecule has 2 N–H and O–H groups in total. The first-order valence-corrected chi connectivity index (χ1v) is 7.21. The summed E-state index contributed by atoms with van der Waals surface area (Å²) in [7, 11) is 0.905. The van der Waals surface area contributed by atoms with E-state index in [2.05, 4.69) is 0 Å². The molecular weight excluding hydrogens is 206 g/mol. The van der Waals surface area contributed by atoms with Crippen LogP contribution in [-0.2, 0) is 17.4 Å². The van der Waals surface area contributed by atoms with Crippen LogP contribution in [0.4, 0.5) is 0 Å². The van der Waals surface area contributed by atoms with Crippen molar-refractivity contribution in [2.75, 3.05) is 21.3 Å². The first-order valence-electron chi connectivity index (χ1n) is 4.19. The minimum Gasteiger partial charge on any atom is -0.398 e. The Morgan fingerprint density at radius 2 is 1.69 bits per heavy atom. The van der Waals surface area contributed by atoms with E-state index in [1.165, 1.54) is 21.3 Å². The first-order chi connectivity index (χ1) is 6.14. The Morgan fingerprint density at radius 1 is 1.23 bits per heavy atom. The lowest BCUT2D eigenvalue weighted by atomic mass is 10.5. The lowest BCUT2D eigenvalue weighted by Gasteiger charge is -2.24. The van der Waals surface area contributed by atoms with E-state index in [-0.39, 0.29) is 5.67 Å². The molecule has 0 aromatic carbocycles. The van der Waals surface area contributed by atoms with Crippen LogP contribution in [0.1, 0.15) is 13.3 Å². The smallest absolute Gasteiger partial charge is 0.398 e. The van der Waals surface area contributed by atoms with Crippen LogP contribution >= 0.6 is 0 Å². The lowest BCUT2D eigenvalue weighted by molar-refractivity contribution is 0.0517. The van der Waals surface area contributed by atoms with E-state index in [0.29, 0.717) is 0 Å². The van der Waals surface area contributed by atoms with Gasteiger partial charge in [0.15, 0.2) is 9.76 Å². The van der Waals surface area contributed by atoms with E-state index >= 15 is 0 Å². The highest BCUT2D eigenvalue weighted by Gasteiger charge is 2.41. The summed E-state index contributed by atoms with van der Waals surface area (Å²) in [4.78, 5) is 0. The Bertz CT molecular complexity index is 126. The predicted octanol–water partition coefficient (Wildman–Crippen LogP) is -0.844. The van der Waals surface area contributed by atoms with Gasteiger partial charge in [0.2, 0.25) is 0 Å². The molecule has 0 heterocycles. The average molecular weight is 225 g/mol. The fourth-order valence-corrected chi connectivity index (χ4v) is 4.58. The molecule has 0 saturated heterocycles. The monoisotopic (exact) mass is 225 g/mol. The van der Waals surface area contributed by atoms with Crippen LogP contribution < -0.4 is 5.73 Å². The Morgan fingerprint density at radius 3 is 2.00 bits per heavy atom. The predicted molar refractivity (Wildman–Crippen MR) is 54.7 cm³/mol. The molecule has 1 atom stereocenters. The van der Waals surface area contributed by atoms with Crippen molar-refractivity contribution in [3.8, 4) is 0 Å². The van der Waals surface area contributed by atoms with Gasteiger partial charge < -0.3 is 23.1 Å². The maximum atomic E-state index is 5.74. The molecule has 0 aromatic rings. The summed E-state index contributed by atoms with van der Waals surface area (Å²) < 4.78 is 20.8. The normalized spacial score (nSPS) is 15.5. The van der Waals surface area contributed by atoms with Crippen molar-refractivity contribution in [2.45, 2.75) is 19.0 Å². The molecule has 0 aliphatic rings. The van der Waals surface area contributed by atoms with Gasteiger partial charge in [-0.15, -0.1) is 0 Å². The van der Waals surface area contributed by atoms with Gasteiger partial charge in [0.1, 0.15) is 0 Å². The van der Waals surface area contributed by atoms with Crippen LogP contribution in [0.3, 0.4) is 0 Å². The zero-order valence-electron chi connectivity index (χ0n) is 8.70. The van der Waals surface area contributed by atoms with Crippen molar-refractivity contribution < 1.29 is 17.4 Å². The van der Waals surface area contributed by atoms with Crippen molar-refractivity contribution in [3.05, 3.63) is 0 Å². The fraction of sp³-hybridized carbons (Fsp3) is 1.00. The Hall–Kier alpha value is 0.234. The van der Waals surface area contributed by atoms with Gasteiger partial charge >= 0.3 is 9.05 Å². The zero-order valence-corrected chi connectivity index (χ0v) is 11.1. The molecule has 0 rings (SSSR count). The second-order valence-electron chi connectivity index (χ2n) is 2.59. The van der Waals surface area contributed by atoms with Crippen LogP contribution in [0.5, 0.6) is 0 Å². The number of hydrogen-bond donors (Lipinski definition) is 1. The SMILES string of the molecule is CCC(N)[SiH2]O[Si](OC)(OC)OC. The van der Waals surface area contributed by atoms with E-state index in [9.17, 15) is 0 Å². The zero-order chi connectivity index (χ0) is 10.3. The van der Waals surface area contributed by atoms with Crippen molar-refractivity contribution in [1.82, 2.24) is 0 Å². The molecule has 0 fully saturated rings. The van der Waals surface area contributed by atoms with Gasteiger partial charge in [-0.3, -0.25) is 0 Å². The van der Waals surface area contributed by atoms with Crippen LogP contribution in [0.15, 0.2) is 0 Å². The summed E-state index contributed by atoms with van der Waals surface area (Å²) in [6.07, 6.45) is 0.911. The lowest BCUT2D eigenvalue weighted by Crippen LogP contribution is -2.50. The number of nitrogens with two attached hydrogens (primary N) is 1. The highest BCUT2D eigenvalue weighted by atomic mass is 28.4.